The molecular formula is C25H30F3N5O2. The van der Waals surface area contributed by atoms with Crippen LogP contribution in [0.3, 0.4) is 0 Å². The van der Waals surface area contributed by atoms with Crippen LogP contribution in [0.15, 0.2) is 64.4 Å². The lowest BCUT2D eigenvalue weighted by Crippen LogP contribution is -2.33. The molecule has 1 amide bonds. The zero-order chi connectivity index (χ0) is 25.9. The Kier molecular flexibility index (Phi) is 7.72. The molecule has 0 atom stereocenters. The molecule has 10 heteroatoms. The standard InChI is InChI=1S/C25H30F3N5O2/c1-7-10-29-16(4)19-12-21(18(6)32(13-19)17(5)15(2)3)30-22(34)14-33-24-20(9-8-11-35-24)23(31-33)25(26,27)28/h7,10,12-13H,6,8-9,11,14H2,1-5H3,(H,30,34)/b10-7-,29-16?. The Labute approximate surface area is 203 Å². The molecule has 2 aliphatic rings. The fourth-order valence-electron chi connectivity index (χ4n) is 3.68. The molecule has 2 aliphatic heterocycles. The molecule has 1 aromatic heterocycles. The highest BCUT2D eigenvalue weighted by atomic mass is 19.4. The number of hydrogen-bond acceptors (Lipinski definition) is 5. The SMILES string of the molecule is C=C1C(NC(=O)Cn2nc(C(F)(F)F)c3c2OCCC3)=CC(C(C)=N/C=C\C)=CN1C(C)=C(C)C. The molecule has 0 aliphatic carbocycles. The van der Waals surface area contributed by atoms with Gasteiger partial charge in [0.1, 0.15) is 6.54 Å². The fourth-order valence-corrected chi connectivity index (χ4v) is 3.68. The summed E-state index contributed by atoms with van der Waals surface area (Å²) < 4.78 is 46.8. The van der Waals surface area contributed by atoms with E-state index in [0.29, 0.717) is 17.8 Å². The van der Waals surface area contributed by atoms with Gasteiger partial charge in [0.25, 0.3) is 0 Å². The first-order valence-corrected chi connectivity index (χ1v) is 11.3. The molecule has 3 heterocycles. The molecule has 0 unspecified atom stereocenters. The van der Waals surface area contributed by atoms with Crippen molar-refractivity contribution in [1.29, 1.82) is 0 Å². The van der Waals surface area contributed by atoms with Crippen molar-refractivity contribution in [3.05, 3.63) is 70.6 Å². The predicted octanol–water partition coefficient (Wildman–Crippen LogP) is 5.25. The van der Waals surface area contributed by atoms with Gasteiger partial charge in [-0.25, -0.2) is 4.68 Å². The highest BCUT2D eigenvalue weighted by Gasteiger charge is 2.40. The molecule has 35 heavy (non-hydrogen) atoms. The number of amides is 1. The number of hydrogen-bond donors (Lipinski definition) is 1. The van der Waals surface area contributed by atoms with E-state index in [4.69, 9.17) is 4.74 Å². The second-order valence-corrected chi connectivity index (χ2v) is 8.53. The second kappa shape index (κ2) is 10.4. The number of nitrogens with one attached hydrogen (secondary N) is 1. The van der Waals surface area contributed by atoms with Crippen molar-refractivity contribution in [3.63, 3.8) is 0 Å². The number of aliphatic imine (C=N–C) groups is 1. The fraction of sp³-hybridized carbons (Fsp3) is 0.400. The van der Waals surface area contributed by atoms with Crippen molar-refractivity contribution in [3.8, 4) is 5.88 Å². The Bertz CT molecular complexity index is 1180. The first-order valence-electron chi connectivity index (χ1n) is 11.3. The van der Waals surface area contributed by atoms with Crippen molar-refractivity contribution in [2.45, 2.75) is 60.2 Å². The summed E-state index contributed by atoms with van der Waals surface area (Å²) in [7, 11) is 0. The minimum Gasteiger partial charge on any atom is -0.478 e. The molecule has 1 aromatic rings. The molecule has 0 spiro atoms. The van der Waals surface area contributed by atoms with Gasteiger partial charge >= 0.3 is 6.18 Å². The van der Waals surface area contributed by atoms with Gasteiger partial charge in [0.2, 0.25) is 11.8 Å². The summed E-state index contributed by atoms with van der Waals surface area (Å²) in [5.74, 6) is -0.559. The predicted molar refractivity (Wildman–Crippen MR) is 128 cm³/mol. The largest absolute Gasteiger partial charge is 0.478 e. The topological polar surface area (TPSA) is 71.8 Å². The summed E-state index contributed by atoms with van der Waals surface area (Å²) in [6, 6.07) is 0. The lowest BCUT2D eigenvalue weighted by molar-refractivity contribution is -0.142. The minimum absolute atomic E-state index is 0.00731. The number of nitrogens with zero attached hydrogens (tertiary/aromatic N) is 4. The van der Waals surface area contributed by atoms with Crippen LogP contribution in [-0.2, 0) is 23.9 Å². The molecule has 188 valence electrons. The average Bonchev–Trinajstić information content (AvgIpc) is 3.17. The highest BCUT2D eigenvalue weighted by molar-refractivity contribution is 6.01. The van der Waals surface area contributed by atoms with Crippen molar-refractivity contribution >= 4 is 11.6 Å². The van der Waals surface area contributed by atoms with Gasteiger partial charge in [0.05, 0.1) is 18.0 Å². The smallest absolute Gasteiger partial charge is 0.435 e. The van der Waals surface area contributed by atoms with E-state index >= 15 is 0 Å². The van der Waals surface area contributed by atoms with E-state index in [1.807, 2.05) is 45.7 Å². The van der Waals surface area contributed by atoms with E-state index in [0.717, 1.165) is 27.2 Å². The third kappa shape index (κ3) is 5.75. The normalized spacial score (nSPS) is 16.5. The van der Waals surface area contributed by atoms with Crippen LogP contribution >= 0.6 is 0 Å². The summed E-state index contributed by atoms with van der Waals surface area (Å²) in [6.07, 6.45) is 3.14. The van der Waals surface area contributed by atoms with Crippen LogP contribution < -0.4 is 10.1 Å². The Morgan fingerprint density at radius 2 is 2.03 bits per heavy atom. The Morgan fingerprint density at radius 3 is 2.66 bits per heavy atom. The third-order valence-corrected chi connectivity index (χ3v) is 5.73. The molecule has 0 fully saturated rings. The van der Waals surface area contributed by atoms with Crippen LogP contribution in [0.25, 0.3) is 0 Å². The van der Waals surface area contributed by atoms with Crippen LogP contribution in [0.1, 0.15) is 52.3 Å². The van der Waals surface area contributed by atoms with Crippen LogP contribution in [0.4, 0.5) is 13.2 Å². The number of aromatic nitrogens is 2. The van der Waals surface area contributed by atoms with E-state index < -0.39 is 24.3 Å². The van der Waals surface area contributed by atoms with Gasteiger partial charge < -0.3 is 15.0 Å². The number of ether oxygens (including phenoxy) is 1. The molecule has 7 nitrogen and oxygen atoms in total. The molecule has 0 saturated heterocycles. The zero-order valence-corrected chi connectivity index (χ0v) is 20.6. The van der Waals surface area contributed by atoms with Crippen LogP contribution in [-0.4, -0.2) is 32.9 Å². The molecule has 0 bridgehead atoms. The van der Waals surface area contributed by atoms with Gasteiger partial charge in [-0.15, -0.1) is 0 Å². The monoisotopic (exact) mass is 489 g/mol. The molecule has 1 N–H and O–H groups in total. The number of halogens is 3. The molecule has 0 saturated carbocycles. The van der Waals surface area contributed by atoms with E-state index in [1.165, 1.54) is 0 Å². The van der Waals surface area contributed by atoms with Gasteiger partial charge in [0.15, 0.2) is 5.69 Å². The van der Waals surface area contributed by atoms with E-state index in [2.05, 4.69) is 22.0 Å². The number of fused-ring (bicyclic) bond motifs is 1. The number of rotatable bonds is 6. The van der Waals surface area contributed by atoms with Gasteiger partial charge in [-0.1, -0.05) is 18.2 Å². The van der Waals surface area contributed by atoms with E-state index in [1.54, 1.807) is 18.4 Å². The second-order valence-electron chi connectivity index (χ2n) is 8.53. The van der Waals surface area contributed by atoms with Crippen molar-refractivity contribution < 1.29 is 22.7 Å². The lowest BCUT2D eigenvalue weighted by atomic mass is 10.0. The quantitative estimate of drug-likeness (QED) is 0.554. The van der Waals surface area contributed by atoms with Gasteiger partial charge in [0, 0.05) is 34.9 Å². The van der Waals surface area contributed by atoms with Gasteiger partial charge in [-0.05, 0) is 53.5 Å². The van der Waals surface area contributed by atoms with Crippen LogP contribution in [0, 0.1) is 0 Å². The summed E-state index contributed by atoms with van der Waals surface area (Å²) in [6.45, 7) is 13.5. The summed E-state index contributed by atoms with van der Waals surface area (Å²) in [4.78, 5) is 19.2. The van der Waals surface area contributed by atoms with E-state index in [9.17, 15) is 18.0 Å². The maximum atomic E-state index is 13.5. The maximum Gasteiger partial charge on any atom is 0.435 e. The first-order chi connectivity index (χ1) is 16.4. The zero-order valence-electron chi connectivity index (χ0n) is 20.6. The Morgan fingerprint density at radius 1 is 1.31 bits per heavy atom. The van der Waals surface area contributed by atoms with Crippen molar-refractivity contribution in [2.75, 3.05) is 6.61 Å². The van der Waals surface area contributed by atoms with Gasteiger partial charge in [-0.3, -0.25) is 9.79 Å². The van der Waals surface area contributed by atoms with Crippen LogP contribution in [0.5, 0.6) is 5.88 Å². The van der Waals surface area contributed by atoms with Crippen LogP contribution in [0.2, 0.25) is 0 Å². The average molecular weight is 490 g/mol. The molecule has 0 aromatic carbocycles. The summed E-state index contributed by atoms with van der Waals surface area (Å²) in [5.41, 5.74) is 3.38. The number of carbonyl (C=O) groups excluding carboxylic acids is 1. The summed E-state index contributed by atoms with van der Waals surface area (Å²) in [5, 5.41) is 6.45. The maximum absolute atomic E-state index is 13.5. The molecule has 0 radical (unpaired) electrons. The number of allylic oxidation sites excluding steroid dienone is 5. The Balaban J connectivity index is 1.91. The molecule has 3 rings (SSSR count). The molecular weight excluding hydrogens is 459 g/mol. The minimum atomic E-state index is -4.63. The number of carbonyl (C=O) groups is 1. The first kappa shape index (κ1) is 26.1. The number of alkyl halides is 3. The Hall–Kier alpha value is -3.56. The summed E-state index contributed by atoms with van der Waals surface area (Å²) >= 11 is 0. The third-order valence-electron chi connectivity index (χ3n) is 5.73. The van der Waals surface area contributed by atoms with Crippen molar-refractivity contribution in [2.24, 2.45) is 4.99 Å². The van der Waals surface area contributed by atoms with E-state index in [-0.39, 0.29) is 24.5 Å². The highest BCUT2D eigenvalue weighted by Crippen LogP contribution is 2.38. The lowest BCUT2D eigenvalue weighted by Gasteiger charge is -2.31. The van der Waals surface area contributed by atoms with Crippen molar-refractivity contribution in [1.82, 2.24) is 20.0 Å². The van der Waals surface area contributed by atoms with Gasteiger partial charge in [-0.2, -0.15) is 18.3 Å².